The third-order valence-corrected chi connectivity index (χ3v) is 4.62. The van der Waals surface area contributed by atoms with Gasteiger partial charge in [0.15, 0.2) is 0 Å². The molecule has 5 heteroatoms. The molecule has 0 aliphatic carbocycles. The van der Waals surface area contributed by atoms with Crippen LogP contribution in [0.3, 0.4) is 0 Å². The van der Waals surface area contributed by atoms with E-state index in [9.17, 15) is 4.79 Å². The maximum atomic E-state index is 12.1. The Morgan fingerprint density at radius 1 is 1.50 bits per heavy atom. The van der Waals surface area contributed by atoms with E-state index in [1.165, 1.54) is 12.8 Å². The number of hydrogen-bond donors (Lipinski definition) is 2. The number of carbonyl (C=O) groups is 1. The summed E-state index contributed by atoms with van der Waals surface area (Å²) < 4.78 is 1.06. The van der Waals surface area contributed by atoms with Crippen LogP contribution in [0.25, 0.3) is 0 Å². The van der Waals surface area contributed by atoms with Crippen LogP contribution in [0.15, 0.2) is 22.7 Å². The molecular weight excluding hydrogens is 318 g/mol. The molecule has 1 aromatic rings. The molecular formula is C15H22BrN3O. The first-order valence-corrected chi connectivity index (χ1v) is 7.84. The smallest absolute Gasteiger partial charge is 0.238 e. The van der Waals surface area contributed by atoms with Crippen LogP contribution >= 0.6 is 15.9 Å². The van der Waals surface area contributed by atoms with Crippen molar-refractivity contribution in [1.82, 2.24) is 10.2 Å². The zero-order valence-corrected chi connectivity index (χ0v) is 13.7. The number of amides is 1. The predicted molar refractivity (Wildman–Crippen MR) is 86.0 cm³/mol. The third-order valence-electron chi connectivity index (χ3n) is 3.73. The van der Waals surface area contributed by atoms with Gasteiger partial charge in [0, 0.05) is 22.7 Å². The van der Waals surface area contributed by atoms with Crippen LogP contribution in [-0.2, 0) is 4.79 Å². The van der Waals surface area contributed by atoms with E-state index in [4.69, 9.17) is 0 Å². The van der Waals surface area contributed by atoms with Crippen molar-refractivity contribution in [2.75, 3.05) is 32.0 Å². The van der Waals surface area contributed by atoms with Crippen LogP contribution in [-0.4, -0.2) is 43.5 Å². The molecule has 1 fully saturated rings. The molecule has 1 saturated heterocycles. The van der Waals surface area contributed by atoms with Crippen molar-refractivity contribution in [2.24, 2.45) is 0 Å². The molecule has 4 nitrogen and oxygen atoms in total. The number of nitrogens with zero attached hydrogens (tertiary/aromatic N) is 1. The van der Waals surface area contributed by atoms with Crippen LogP contribution in [0.2, 0.25) is 0 Å². The van der Waals surface area contributed by atoms with E-state index in [1.807, 2.05) is 32.2 Å². The summed E-state index contributed by atoms with van der Waals surface area (Å²) in [6.45, 7) is 4.45. The summed E-state index contributed by atoms with van der Waals surface area (Å²) in [7, 11) is 1.96. The van der Waals surface area contributed by atoms with E-state index in [1.54, 1.807) is 0 Å². The van der Waals surface area contributed by atoms with Crippen LogP contribution in [0.4, 0.5) is 5.69 Å². The van der Waals surface area contributed by atoms with Crippen LogP contribution in [0, 0.1) is 6.92 Å². The van der Waals surface area contributed by atoms with Crippen LogP contribution in [0.1, 0.15) is 18.4 Å². The summed E-state index contributed by atoms with van der Waals surface area (Å²) in [5, 5.41) is 6.18. The fourth-order valence-electron chi connectivity index (χ4n) is 2.68. The van der Waals surface area contributed by atoms with Gasteiger partial charge in [-0.1, -0.05) is 15.9 Å². The standard InChI is InChI=1S/C15H22BrN3O/c1-11-8-12(5-6-14(11)16)18-15(20)10-19-7-3-4-13(19)9-17-2/h5-6,8,13,17H,3-4,7,9-10H2,1-2H3,(H,18,20). The quantitative estimate of drug-likeness (QED) is 0.865. The molecule has 1 amide bonds. The number of rotatable bonds is 5. The summed E-state index contributed by atoms with van der Waals surface area (Å²) in [5.74, 6) is 0.0646. The summed E-state index contributed by atoms with van der Waals surface area (Å²) in [5.41, 5.74) is 1.98. The highest BCUT2D eigenvalue weighted by Gasteiger charge is 2.25. The fourth-order valence-corrected chi connectivity index (χ4v) is 2.92. The SMILES string of the molecule is CNCC1CCCN1CC(=O)Nc1ccc(Br)c(C)c1. The van der Waals surface area contributed by atoms with E-state index in [0.29, 0.717) is 12.6 Å². The second-order valence-electron chi connectivity index (χ2n) is 5.34. The average Bonchev–Trinajstić information content (AvgIpc) is 2.82. The first kappa shape index (κ1) is 15.5. The first-order chi connectivity index (χ1) is 9.60. The largest absolute Gasteiger partial charge is 0.325 e. The molecule has 0 bridgehead atoms. The van der Waals surface area contributed by atoms with Gasteiger partial charge in [-0.15, -0.1) is 0 Å². The molecule has 2 rings (SSSR count). The van der Waals surface area contributed by atoms with Gasteiger partial charge in [-0.25, -0.2) is 0 Å². The minimum absolute atomic E-state index is 0.0646. The molecule has 1 aliphatic heterocycles. The topological polar surface area (TPSA) is 44.4 Å². The number of likely N-dealkylation sites (tertiary alicyclic amines) is 1. The van der Waals surface area contributed by atoms with Gasteiger partial charge < -0.3 is 10.6 Å². The van der Waals surface area contributed by atoms with E-state index in [2.05, 4.69) is 31.5 Å². The molecule has 1 aliphatic rings. The van der Waals surface area contributed by atoms with Crippen LogP contribution < -0.4 is 10.6 Å². The molecule has 1 aromatic carbocycles. The lowest BCUT2D eigenvalue weighted by Crippen LogP contribution is -2.41. The normalized spacial score (nSPS) is 19.2. The summed E-state index contributed by atoms with van der Waals surface area (Å²) in [6, 6.07) is 6.35. The van der Waals surface area contributed by atoms with Gasteiger partial charge in [0.25, 0.3) is 0 Å². The Morgan fingerprint density at radius 2 is 2.30 bits per heavy atom. The second-order valence-corrected chi connectivity index (χ2v) is 6.19. The van der Waals surface area contributed by atoms with E-state index >= 15 is 0 Å². The number of halogens is 1. The Hall–Kier alpha value is -0.910. The Morgan fingerprint density at radius 3 is 3.00 bits per heavy atom. The lowest BCUT2D eigenvalue weighted by atomic mass is 10.2. The minimum Gasteiger partial charge on any atom is -0.325 e. The number of carbonyl (C=O) groups excluding carboxylic acids is 1. The van der Waals surface area contributed by atoms with Crippen molar-refractivity contribution < 1.29 is 4.79 Å². The molecule has 0 spiro atoms. The molecule has 1 unspecified atom stereocenters. The Kier molecular flexibility index (Phi) is 5.57. The van der Waals surface area contributed by atoms with Gasteiger partial charge in [0.1, 0.15) is 0 Å². The van der Waals surface area contributed by atoms with Gasteiger partial charge in [-0.2, -0.15) is 0 Å². The number of anilines is 1. The molecule has 20 heavy (non-hydrogen) atoms. The lowest BCUT2D eigenvalue weighted by molar-refractivity contribution is -0.117. The highest BCUT2D eigenvalue weighted by Crippen LogP contribution is 2.20. The molecule has 1 atom stereocenters. The second kappa shape index (κ2) is 7.20. The Bertz CT molecular complexity index is 478. The fraction of sp³-hybridized carbons (Fsp3) is 0.533. The maximum absolute atomic E-state index is 12.1. The zero-order chi connectivity index (χ0) is 14.5. The summed E-state index contributed by atoms with van der Waals surface area (Å²) in [4.78, 5) is 14.4. The first-order valence-electron chi connectivity index (χ1n) is 7.05. The monoisotopic (exact) mass is 339 g/mol. The lowest BCUT2D eigenvalue weighted by Gasteiger charge is -2.23. The van der Waals surface area contributed by atoms with Gasteiger partial charge in [0.2, 0.25) is 5.91 Å². The van der Waals surface area contributed by atoms with Gasteiger partial charge in [0.05, 0.1) is 6.54 Å². The van der Waals surface area contributed by atoms with E-state index in [0.717, 1.165) is 28.8 Å². The summed E-state index contributed by atoms with van der Waals surface area (Å²) >= 11 is 3.46. The van der Waals surface area contributed by atoms with Gasteiger partial charge in [-0.3, -0.25) is 9.69 Å². The zero-order valence-electron chi connectivity index (χ0n) is 12.1. The number of aryl methyl sites for hydroxylation is 1. The maximum Gasteiger partial charge on any atom is 0.238 e. The highest BCUT2D eigenvalue weighted by atomic mass is 79.9. The van der Waals surface area contributed by atoms with Crippen molar-refractivity contribution in [2.45, 2.75) is 25.8 Å². The average molecular weight is 340 g/mol. The number of hydrogen-bond acceptors (Lipinski definition) is 3. The van der Waals surface area contributed by atoms with Gasteiger partial charge in [-0.05, 0) is 57.1 Å². The minimum atomic E-state index is 0.0646. The Labute approximate surface area is 129 Å². The highest BCUT2D eigenvalue weighted by molar-refractivity contribution is 9.10. The number of likely N-dealkylation sites (N-methyl/N-ethyl adjacent to an activating group) is 1. The molecule has 1 heterocycles. The van der Waals surface area contributed by atoms with Crippen molar-refractivity contribution in [3.8, 4) is 0 Å². The molecule has 110 valence electrons. The summed E-state index contributed by atoms with van der Waals surface area (Å²) in [6.07, 6.45) is 2.35. The van der Waals surface area contributed by atoms with Crippen molar-refractivity contribution in [3.05, 3.63) is 28.2 Å². The molecule has 0 aromatic heterocycles. The van der Waals surface area contributed by atoms with Crippen molar-refractivity contribution in [3.63, 3.8) is 0 Å². The third kappa shape index (κ3) is 4.04. The van der Waals surface area contributed by atoms with Gasteiger partial charge >= 0.3 is 0 Å². The van der Waals surface area contributed by atoms with E-state index < -0.39 is 0 Å². The van der Waals surface area contributed by atoms with Crippen molar-refractivity contribution >= 4 is 27.5 Å². The number of nitrogens with one attached hydrogen (secondary N) is 2. The van der Waals surface area contributed by atoms with E-state index in [-0.39, 0.29) is 5.91 Å². The van der Waals surface area contributed by atoms with Crippen LogP contribution in [0.5, 0.6) is 0 Å². The predicted octanol–water partition coefficient (Wildman–Crippen LogP) is 2.38. The molecule has 2 N–H and O–H groups in total. The van der Waals surface area contributed by atoms with Crippen molar-refractivity contribution in [1.29, 1.82) is 0 Å². The number of benzene rings is 1. The molecule has 0 saturated carbocycles. The Balaban J connectivity index is 1.90. The molecule has 0 radical (unpaired) electrons.